The van der Waals surface area contributed by atoms with E-state index in [1.54, 1.807) is 11.5 Å². The van der Waals surface area contributed by atoms with Crippen LogP contribution < -0.4 is 4.74 Å². The zero-order valence-electron chi connectivity index (χ0n) is 11.4. The summed E-state index contributed by atoms with van der Waals surface area (Å²) in [5, 5.41) is -0.381. The quantitative estimate of drug-likeness (QED) is 0.769. The number of aromatic nitrogens is 4. The fourth-order valence-electron chi connectivity index (χ4n) is 1.86. The molecule has 110 valence electrons. The summed E-state index contributed by atoms with van der Waals surface area (Å²) in [6, 6.07) is 0. The van der Waals surface area contributed by atoms with Crippen molar-refractivity contribution in [3.8, 4) is 5.88 Å². The van der Waals surface area contributed by atoms with Gasteiger partial charge in [0.2, 0.25) is 5.88 Å². The van der Waals surface area contributed by atoms with E-state index in [2.05, 4.69) is 15.0 Å². The molecule has 0 bridgehead atoms. The number of alkyl halides is 1. The Morgan fingerprint density at radius 2 is 2.15 bits per heavy atom. The lowest BCUT2D eigenvalue weighted by Crippen LogP contribution is -2.14. The molecule has 0 radical (unpaired) electrons. The highest BCUT2D eigenvalue weighted by atomic mass is 35.5. The van der Waals surface area contributed by atoms with E-state index in [-0.39, 0.29) is 17.7 Å². The molecule has 0 saturated heterocycles. The molecule has 0 aliphatic heterocycles. The zero-order valence-corrected chi connectivity index (χ0v) is 12.9. The number of fused-ring (bicyclic) bond motifs is 1. The van der Waals surface area contributed by atoms with Gasteiger partial charge in [0.15, 0.2) is 11.2 Å². The fourth-order valence-corrected chi connectivity index (χ4v) is 2.54. The van der Waals surface area contributed by atoms with Crippen LogP contribution in [0.1, 0.15) is 18.1 Å². The van der Waals surface area contributed by atoms with Crippen LogP contribution in [0.2, 0.25) is 0 Å². The highest BCUT2D eigenvalue weighted by molar-refractivity contribution is 7.90. The average molecular weight is 319 g/mol. The Labute approximate surface area is 121 Å². The minimum Gasteiger partial charge on any atom is -0.479 e. The lowest BCUT2D eigenvalue weighted by Gasteiger charge is -2.08. The first-order valence-corrected chi connectivity index (χ1v) is 8.40. The minimum absolute atomic E-state index is 0.0125. The summed E-state index contributed by atoms with van der Waals surface area (Å²) in [6.07, 6.45) is 2.54. The van der Waals surface area contributed by atoms with Crippen molar-refractivity contribution >= 4 is 32.6 Å². The number of ether oxygens (including phenoxy) is 1. The standard InChI is InChI=1S/C11H15ClN4O3S/c1-7(12)9-15-8-10(13-6-14-11(8)19-2)16(9)4-5-20(3,17)18/h6-7H,4-5H2,1-3H3. The van der Waals surface area contributed by atoms with E-state index in [1.165, 1.54) is 19.7 Å². The van der Waals surface area contributed by atoms with E-state index in [0.29, 0.717) is 22.9 Å². The topological polar surface area (TPSA) is 87.0 Å². The van der Waals surface area contributed by atoms with Gasteiger partial charge in [-0.05, 0) is 6.92 Å². The van der Waals surface area contributed by atoms with Crippen molar-refractivity contribution in [3.05, 3.63) is 12.2 Å². The highest BCUT2D eigenvalue weighted by Crippen LogP contribution is 2.27. The predicted octanol–water partition coefficient (Wildman–Crippen LogP) is 1.18. The Morgan fingerprint density at radius 3 is 2.70 bits per heavy atom. The molecular weight excluding hydrogens is 304 g/mol. The maximum Gasteiger partial charge on any atom is 0.245 e. The van der Waals surface area contributed by atoms with Gasteiger partial charge in [-0.15, -0.1) is 11.6 Å². The van der Waals surface area contributed by atoms with Crippen LogP contribution in [0.15, 0.2) is 6.33 Å². The third kappa shape index (κ3) is 3.01. The molecule has 7 nitrogen and oxygen atoms in total. The van der Waals surface area contributed by atoms with E-state index in [9.17, 15) is 8.42 Å². The van der Waals surface area contributed by atoms with Gasteiger partial charge < -0.3 is 9.30 Å². The molecule has 0 aliphatic carbocycles. The van der Waals surface area contributed by atoms with Gasteiger partial charge in [-0.2, -0.15) is 4.98 Å². The molecule has 1 unspecified atom stereocenters. The van der Waals surface area contributed by atoms with Crippen molar-refractivity contribution in [3.63, 3.8) is 0 Å². The van der Waals surface area contributed by atoms with Crippen molar-refractivity contribution in [2.24, 2.45) is 0 Å². The van der Waals surface area contributed by atoms with Gasteiger partial charge in [0.05, 0.1) is 18.2 Å². The van der Waals surface area contributed by atoms with Crippen molar-refractivity contribution in [1.82, 2.24) is 19.5 Å². The second-order valence-corrected chi connectivity index (χ2v) is 7.34. The number of imidazole rings is 1. The monoisotopic (exact) mass is 318 g/mol. The fraction of sp³-hybridized carbons (Fsp3) is 0.545. The predicted molar refractivity (Wildman–Crippen MR) is 75.9 cm³/mol. The van der Waals surface area contributed by atoms with Gasteiger partial charge in [0.1, 0.15) is 22.0 Å². The summed E-state index contributed by atoms with van der Waals surface area (Å²) >= 11 is 6.10. The van der Waals surface area contributed by atoms with Crippen LogP contribution in [-0.2, 0) is 16.4 Å². The number of aryl methyl sites for hydroxylation is 1. The van der Waals surface area contributed by atoms with Crippen molar-refractivity contribution in [2.45, 2.75) is 18.8 Å². The Hall–Kier alpha value is -1.41. The number of sulfone groups is 1. The van der Waals surface area contributed by atoms with Crippen molar-refractivity contribution in [1.29, 1.82) is 0 Å². The Kier molecular flexibility index (Phi) is 4.14. The number of hydrogen-bond acceptors (Lipinski definition) is 6. The minimum atomic E-state index is -3.09. The normalized spacial score (nSPS) is 13.6. The summed E-state index contributed by atoms with van der Waals surface area (Å²) in [4.78, 5) is 12.5. The molecule has 2 aromatic heterocycles. The van der Waals surface area contributed by atoms with E-state index < -0.39 is 9.84 Å². The maximum atomic E-state index is 11.3. The summed E-state index contributed by atoms with van der Waals surface area (Å²) in [5.74, 6) is 0.872. The van der Waals surface area contributed by atoms with Gasteiger partial charge in [0.25, 0.3) is 0 Å². The number of hydrogen-bond donors (Lipinski definition) is 0. The summed E-state index contributed by atoms with van der Waals surface area (Å²) in [5.41, 5.74) is 0.994. The molecular formula is C11H15ClN4O3S. The highest BCUT2D eigenvalue weighted by Gasteiger charge is 2.20. The lowest BCUT2D eigenvalue weighted by molar-refractivity contribution is 0.401. The molecule has 0 fully saturated rings. The van der Waals surface area contributed by atoms with E-state index in [4.69, 9.17) is 16.3 Å². The Bertz CT molecular complexity index is 727. The molecule has 20 heavy (non-hydrogen) atoms. The first kappa shape index (κ1) is 15.0. The van der Waals surface area contributed by atoms with E-state index in [1.807, 2.05) is 0 Å². The maximum absolute atomic E-state index is 11.3. The largest absolute Gasteiger partial charge is 0.479 e. The smallest absolute Gasteiger partial charge is 0.245 e. The third-order valence-corrected chi connectivity index (χ3v) is 3.88. The summed E-state index contributed by atoms with van der Waals surface area (Å²) in [6.45, 7) is 2.00. The molecule has 0 aliphatic rings. The van der Waals surface area contributed by atoms with Crippen LogP contribution in [0.25, 0.3) is 11.2 Å². The molecule has 0 N–H and O–H groups in total. The molecule has 0 amide bonds. The molecule has 0 spiro atoms. The van der Waals surface area contributed by atoms with Gasteiger partial charge in [-0.1, -0.05) is 0 Å². The zero-order chi connectivity index (χ0) is 14.9. The summed E-state index contributed by atoms with van der Waals surface area (Å²) < 4.78 is 29.5. The van der Waals surface area contributed by atoms with E-state index in [0.717, 1.165) is 0 Å². The number of halogens is 1. The van der Waals surface area contributed by atoms with Crippen LogP contribution in [0.4, 0.5) is 0 Å². The third-order valence-electron chi connectivity index (χ3n) is 2.76. The van der Waals surface area contributed by atoms with Crippen LogP contribution in [0.3, 0.4) is 0 Å². The summed E-state index contributed by atoms with van der Waals surface area (Å²) in [7, 11) is -1.61. The second-order valence-electron chi connectivity index (χ2n) is 4.42. The first-order valence-electron chi connectivity index (χ1n) is 5.90. The van der Waals surface area contributed by atoms with Crippen molar-refractivity contribution < 1.29 is 13.2 Å². The SMILES string of the molecule is COc1ncnc2c1nc(C(C)Cl)n2CCS(C)(=O)=O. The van der Waals surface area contributed by atoms with Crippen molar-refractivity contribution in [2.75, 3.05) is 19.1 Å². The molecule has 2 rings (SSSR count). The Balaban J connectivity index is 2.57. The van der Waals surface area contributed by atoms with Crippen LogP contribution in [0.5, 0.6) is 5.88 Å². The van der Waals surface area contributed by atoms with Gasteiger partial charge in [0, 0.05) is 12.8 Å². The molecule has 9 heteroatoms. The van der Waals surface area contributed by atoms with Crippen LogP contribution >= 0.6 is 11.6 Å². The van der Waals surface area contributed by atoms with Crippen LogP contribution in [0, 0.1) is 0 Å². The van der Waals surface area contributed by atoms with Gasteiger partial charge >= 0.3 is 0 Å². The molecule has 2 heterocycles. The molecule has 2 aromatic rings. The number of nitrogens with zero attached hydrogens (tertiary/aromatic N) is 4. The van der Waals surface area contributed by atoms with Gasteiger partial charge in [-0.3, -0.25) is 0 Å². The molecule has 0 aromatic carbocycles. The number of rotatable bonds is 5. The molecule has 0 saturated carbocycles. The van der Waals surface area contributed by atoms with Crippen LogP contribution in [-0.4, -0.2) is 47.1 Å². The van der Waals surface area contributed by atoms with E-state index >= 15 is 0 Å². The second kappa shape index (κ2) is 5.53. The Morgan fingerprint density at radius 1 is 1.45 bits per heavy atom. The first-order chi connectivity index (χ1) is 9.33. The van der Waals surface area contributed by atoms with Gasteiger partial charge in [-0.25, -0.2) is 18.4 Å². The number of methoxy groups -OCH3 is 1. The molecule has 1 atom stereocenters. The average Bonchev–Trinajstić information content (AvgIpc) is 2.74. The lowest BCUT2D eigenvalue weighted by atomic mass is 10.4.